The highest BCUT2D eigenvalue weighted by Gasteiger charge is 2.45. The first-order valence-corrected chi connectivity index (χ1v) is 8.65. The van der Waals surface area contributed by atoms with Crippen LogP contribution in [-0.4, -0.2) is 15.7 Å². The van der Waals surface area contributed by atoms with Crippen LogP contribution < -0.4 is 5.32 Å². The molecule has 120 valence electrons. The second-order valence-corrected chi connectivity index (χ2v) is 6.94. The lowest BCUT2D eigenvalue weighted by Crippen LogP contribution is -2.35. The smallest absolute Gasteiger partial charge is 0.272 e. The molecular weight excluding hydrogens is 366 g/mol. The summed E-state index contributed by atoms with van der Waals surface area (Å²) in [6.07, 6.45) is 3.73. The average Bonchev–Trinajstić information content (AvgIpc) is 3.21. The summed E-state index contributed by atoms with van der Waals surface area (Å²) in [7, 11) is 0. The van der Waals surface area contributed by atoms with Crippen LogP contribution in [0.4, 0.5) is 0 Å². The molecule has 3 aromatic rings. The summed E-state index contributed by atoms with van der Waals surface area (Å²) >= 11 is 3.44. The molecule has 1 saturated carbocycles. The molecule has 1 amide bonds. The first-order valence-electron chi connectivity index (χ1n) is 7.86. The van der Waals surface area contributed by atoms with Gasteiger partial charge in [0.05, 0.1) is 11.2 Å². The third-order valence-electron chi connectivity index (χ3n) is 4.34. The van der Waals surface area contributed by atoms with Gasteiger partial charge in [-0.3, -0.25) is 4.79 Å². The van der Waals surface area contributed by atoms with Gasteiger partial charge in [-0.1, -0.05) is 46.3 Å². The summed E-state index contributed by atoms with van der Waals surface area (Å²) in [5.74, 6) is -0.134. The SMILES string of the molecule is O=C(NC1(c2ccc(Br)cc2)CC1)c1ccn(-c2ccccc2)n1. The molecule has 5 heteroatoms. The van der Waals surface area contributed by atoms with E-state index in [4.69, 9.17) is 0 Å². The van der Waals surface area contributed by atoms with Crippen LogP contribution in [0.1, 0.15) is 28.9 Å². The minimum atomic E-state index is -0.242. The van der Waals surface area contributed by atoms with Crippen LogP contribution >= 0.6 is 15.9 Å². The maximum atomic E-state index is 12.6. The van der Waals surface area contributed by atoms with Crippen molar-refractivity contribution in [2.75, 3.05) is 0 Å². The molecule has 1 aliphatic carbocycles. The number of hydrogen-bond acceptors (Lipinski definition) is 2. The fraction of sp³-hybridized carbons (Fsp3) is 0.158. The number of amides is 1. The molecule has 1 aliphatic rings. The van der Waals surface area contributed by atoms with Crippen LogP contribution in [0.15, 0.2) is 71.3 Å². The van der Waals surface area contributed by atoms with Crippen molar-refractivity contribution < 1.29 is 4.79 Å². The third kappa shape index (κ3) is 2.87. The summed E-state index contributed by atoms with van der Waals surface area (Å²) in [5, 5.41) is 7.55. The van der Waals surface area contributed by atoms with Crippen molar-refractivity contribution in [3.63, 3.8) is 0 Å². The van der Waals surface area contributed by atoms with Gasteiger partial charge in [0, 0.05) is 10.7 Å². The maximum Gasteiger partial charge on any atom is 0.272 e. The maximum absolute atomic E-state index is 12.6. The molecule has 1 heterocycles. The molecule has 0 saturated heterocycles. The first kappa shape index (κ1) is 15.1. The van der Waals surface area contributed by atoms with Crippen LogP contribution in [0.25, 0.3) is 5.69 Å². The molecule has 1 fully saturated rings. The summed E-state index contributed by atoms with van der Waals surface area (Å²) in [6, 6.07) is 19.6. The number of nitrogens with one attached hydrogen (secondary N) is 1. The Bertz CT molecular complexity index is 867. The Morgan fingerprint density at radius 1 is 1.04 bits per heavy atom. The molecule has 0 unspecified atom stereocenters. The topological polar surface area (TPSA) is 46.9 Å². The molecule has 0 atom stereocenters. The predicted octanol–water partition coefficient (Wildman–Crippen LogP) is 4.05. The summed E-state index contributed by atoms with van der Waals surface area (Å²) in [6.45, 7) is 0. The van der Waals surface area contributed by atoms with Gasteiger partial charge in [0.15, 0.2) is 5.69 Å². The van der Waals surface area contributed by atoms with Crippen molar-refractivity contribution in [3.05, 3.63) is 82.6 Å². The molecule has 1 aromatic heterocycles. The van der Waals surface area contributed by atoms with Crippen LogP contribution in [0.3, 0.4) is 0 Å². The number of benzene rings is 2. The summed E-state index contributed by atoms with van der Waals surface area (Å²) < 4.78 is 2.75. The van der Waals surface area contributed by atoms with Gasteiger partial charge in [-0.15, -0.1) is 0 Å². The standard InChI is InChI=1S/C19H16BrN3O/c20-15-8-6-14(7-9-15)19(11-12-19)21-18(24)17-10-13-23(22-17)16-4-2-1-3-5-16/h1-10,13H,11-12H2,(H,21,24). The second kappa shape index (κ2) is 5.91. The minimum absolute atomic E-state index is 0.134. The number of nitrogens with zero attached hydrogens (tertiary/aromatic N) is 2. The van der Waals surface area contributed by atoms with E-state index in [1.165, 1.54) is 0 Å². The molecule has 4 rings (SSSR count). The number of hydrogen-bond donors (Lipinski definition) is 1. The largest absolute Gasteiger partial charge is 0.341 e. The molecule has 24 heavy (non-hydrogen) atoms. The number of aromatic nitrogens is 2. The average molecular weight is 382 g/mol. The van der Waals surface area contributed by atoms with Gasteiger partial charge in [-0.25, -0.2) is 4.68 Å². The second-order valence-electron chi connectivity index (χ2n) is 6.02. The highest BCUT2D eigenvalue weighted by molar-refractivity contribution is 9.10. The molecular formula is C19H16BrN3O. The number of carbonyl (C=O) groups is 1. The lowest BCUT2D eigenvalue weighted by Gasteiger charge is -2.17. The number of para-hydroxylation sites is 1. The normalized spacial score (nSPS) is 15.0. The summed E-state index contributed by atoms with van der Waals surface area (Å²) in [5.41, 5.74) is 2.27. The molecule has 2 aromatic carbocycles. The van der Waals surface area contributed by atoms with Crippen molar-refractivity contribution >= 4 is 21.8 Å². The Morgan fingerprint density at radius 3 is 2.42 bits per heavy atom. The molecule has 0 radical (unpaired) electrons. The first-order chi connectivity index (χ1) is 11.7. The predicted molar refractivity (Wildman–Crippen MR) is 96.1 cm³/mol. The molecule has 0 aliphatic heterocycles. The highest BCUT2D eigenvalue weighted by atomic mass is 79.9. The zero-order valence-electron chi connectivity index (χ0n) is 12.9. The van der Waals surface area contributed by atoms with E-state index in [2.05, 4.69) is 38.5 Å². The monoisotopic (exact) mass is 381 g/mol. The quantitative estimate of drug-likeness (QED) is 0.740. The van der Waals surface area contributed by atoms with Crippen molar-refractivity contribution in [3.8, 4) is 5.69 Å². The van der Waals surface area contributed by atoms with E-state index in [0.717, 1.165) is 28.6 Å². The van der Waals surface area contributed by atoms with E-state index < -0.39 is 0 Å². The Balaban J connectivity index is 1.53. The molecule has 0 bridgehead atoms. The van der Waals surface area contributed by atoms with E-state index in [9.17, 15) is 4.79 Å². The van der Waals surface area contributed by atoms with Gasteiger partial charge in [0.1, 0.15) is 0 Å². The van der Waals surface area contributed by atoms with E-state index in [0.29, 0.717) is 5.69 Å². The van der Waals surface area contributed by atoms with Crippen molar-refractivity contribution in [1.29, 1.82) is 0 Å². The fourth-order valence-electron chi connectivity index (χ4n) is 2.83. The molecule has 0 spiro atoms. The van der Waals surface area contributed by atoms with Crippen molar-refractivity contribution in [1.82, 2.24) is 15.1 Å². The van der Waals surface area contributed by atoms with E-state index in [1.807, 2.05) is 48.7 Å². The zero-order chi connectivity index (χ0) is 16.6. The van der Waals surface area contributed by atoms with Crippen LogP contribution in [0.2, 0.25) is 0 Å². The van der Waals surface area contributed by atoms with Crippen molar-refractivity contribution in [2.24, 2.45) is 0 Å². The minimum Gasteiger partial charge on any atom is -0.341 e. The van der Waals surface area contributed by atoms with Crippen molar-refractivity contribution in [2.45, 2.75) is 18.4 Å². The third-order valence-corrected chi connectivity index (χ3v) is 4.87. The Labute approximate surface area is 148 Å². The van der Waals surface area contributed by atoms with Crippen LogP contribution in [0.5, 0.6) is 0 Å². The highest BCUT2D eigenvalue weighted by Crippen LogP contribution is 2.45. The Morgan fingerprint density at radius 2 is 1.75 bits per heavy atom. The van der Waals surface area contributed by atoms with Gasteiger partial charge in [0.25, 0.3) is 5.91 Å². The van der Waals surface area contributed by atoms with Gasteiger partial charge in [-0.05, 0) is 48.7 Å². The van der Waals surface area contributed by atoms with Crippen LogP contribution in [-0.2, 0) is 5.54 Å². The fourth-order valence-corrected chi connectivity index (χ4v) is 3.10. The number of halogens is 1. The lowest BCUT2D eigenvalue weighted by atomic mass is 10.0. The number of carbonyl (C=O) groups excluding carboxylic acids is 1. The van der Waals surface area contributed by atoms with Gasteiger partial charge >= 0.3 is 0 Å². The molecule has 4 nitrogen and oxygen atoms in total. The van der Waals surface area contributed by atoms with E-state index >= 15 is 0 Å². The van der Waals surface area contributed by atoms with Gasteiger partial charge < -0.3 is 5.32 Å². The zero-order valence-corrected chi connectivity index (χ0v) is 14.5. The van der Waals surface area contributed by atoms with Gasteiger partial charge in [0.2, 0.25) is 0 Å². The van der Waals surface area contributed by atoms with E-state index in [-0.39, 0.29) is 11.4 Å². The number of rotatable bonds is 4. The van der Waals surface area contributed by atoms with E-state index in [1.54, 1.807) is 10.7 Å². The summed E-state index contributed by atoms with van der Waals surface area (Å²) in [4.78, 5) is 12.6. The Kier molecular flexibility index (Phi) is 3.73. The lowest BCUT2D eigenvalue weighted by molar-refractivity contribution is 0.0925. The van der Waals surface area contributed by atoms with Gasteiger partial charge in [-0.2, -0.15) is 5.10 Å². The van der Waals surface area contributed by atoms with Crippen LogP contribution in [0, 0.1) is 0 Å². The Hall–Kier alpha value is -2.40. The molecule has 1 N–H and O–H groups in total.